The molecular weight excluding hydrogens is 362 g/mol. The fraction of sp³-hybridized carbons (Fsp3) is 0.150. The average Bonchev–Trinajstić information content (AvgIpc) is 3.32. The number of aryl methyl sites for hydroxylation is 1. The molecule has 4 aromatic rings. The smallest absolute Gasteiger partial charge is 0.224 e. The fourth-order valence-corrected chi connectivity index (χ4v) is 4.37. The van der Waals surface area contributed by atoms with Gasteiger partial charge in [-0.3, -0.25) is 4.79 Å². The fourth-order valence-electron chi connectivity index (χ4n) is 2.71. The summed E-state index contributed by atoms with van der Waals surface area (Å²) in [5.41, 5.74) is 2.92. The monoisotopic (exact) mass is 379 g/mol. The SMILES string of the molecule is O=C(CCCc1nc2ccccc2s1)Nc1ccc(-c2nccs2)cc1. The van der Waals surface area contributed by atoms with Gasteiger partial charge in [-0.05, 0) is 49.2 Å². The molecule has 0 atom stereocenters. The molecule has 0 saturated heterocycles. The van der Waals surface area contributed by atoms with Gasteiger partial charge in [0, 0.05) is 29.2 Å². The summed E-state index contributed by atoms with van der Waals surface area (Å²) in [5.74, 6) is 0.0353. The number of aromatic nitrogens is 2. The maximum Gasteiger partial charge on any atom is 0.224 e. The second kappa shape index (κ2) is 7.76. The van der Waals surface area contributed by atoms with Crippen molar-refractivity contribution in [3.05, 3.63) is 65.1 Å². The Morgan fingerprint density at radius 1 is 1.08 bits per heavy atom. The van der Waals surface area contributed by atoms with E-state index < -0.39 is 0 Å². The number of anilines is 1. The van der Waals surface area contributed by atoms with Gasteiger partial charge in [0.05, 0.1) is 15.2 Å². The van der Waals surface area contributed by atoms with Crippen LogP contribution in [0.15, 0.2) is 60.1 Å². The topological polar surface area (TPSA) is 54.9 Å². The Balaban J connectivity index is 1.28. The third-order valence-electron chi connectivity index (χ3n) is 3.98. The van der Waals surface area contributed by atoms with E-state index in [1.54, 1.807) is 28.9 Å². The highest BCUT2D eigenvalue weighted by atomic mass is 32.1. The van der Waals surface area contributed by atoms with E-state index in [9.17, 15) is 4.79 Å². The number of fused-ring (bicyclic) bond motifs is 1. The van der Waals surface area contributed by atoms with E-state index in [4.69, 9.17) is 0 Å². The molecule has 0 bridgehead atoms. The third kappa shape index (κ3) is 3.98. The van der Waals surface area contributed by atoms with Gasteiger partial charge in [-0.15, -0.1) is 22.7 Å². The highest BCUT2D eigenvalue weighted by molar-refractivity contribution is 7.18. The van der Waals surface area contributed by atoms with E-state index in [1.807, 2.05) is 47.8 Å². The van der Waals surface area contributed by atoms with E-state index in [2.05, 4.69) is 21.4 Å². The summed E-state index contributed by atoms with van der Waals surface area (Å²) in [6, 6.07) is 15.9. The number of nitrogens with zero attached hydrogens (tertiary/aromatic N) is 2. The van der Waals surface area contributed by atoms with Crippen LogP contribution < -0.4 is 5.32 Å². The molecule has 1 N–H and O–H groups in total. The van der Waals surface area contributed by atoms with Crippen LogP contribution >= 0.6 is 22.7 Å². The molecule has 4 nitrogen and oxygen atoms in total. The minimum atomic E-state index is 0.0353. The van der Waals surface area contributed by atoms with E-state index in [0.29, 0.717) is 6.42 Å². The summed E-state index contributed by atoms with van der Waals surface area (Å²) in [4.78, 5) is 21.0. The zero-order valence-electron chi connectivity index (χ0n) is 14.0. The average molecular weight is 380 g/mol. The number of para-hydroxylation sites is 1. The molecule has 0 aliphatic rings. The summed E-state index contributed by atoms with van der Waals surface area (Å²) in [5, 5.41) is 6.98. The zero-order valence-corrected chi connectivity index (χ0v) is 15.6. The molecule has 1 amide bonds. The van der Waals surface area contributed by atoms with Crippen LogP contribution in [0.2, 0.25) is 0 Å². The molecule has 4 rings (SSSR count). The number of rotatable bonds is 6. The van der Waals surface area contributed by atoms with Gasteiger partial charge in [0.15, 0.2) is 0 Å². The Hall–Kier alpha value is -2.57. The van der Waals surface area contributed by atoms with Crippen LogP contribution in [0, 0.1) is 0 Å². The second-order valence-corrected chi connectivity index (χ2v) is 7.90. The lowest BCUT2D eigenvalue weighted by Gasteiger charge is -2.05. The lowest BCUT2D eigenvalue weighted by atomic mass is 10.2. The molecule has 2 aromatic heterocycles. The van der Waals surface area contributed by atoms with Crippen LogP contribution in [0.25, 0.3) is 20.8 Å². The lowest BCUT2D eigenvalue weighted by Crippen LogP contribution is -2.11. The van der Waals surface area contributed by atoms with E-state index in [1.165, 1.54) is 4.70 Å². The number of hydrogen-bond donors (Lipinski definition) is 1. The Morgan fingerprint density at radius 3 is 2.69 bits per heavy atom. The van der Waals surface area contributed by atoms with Crippen LogP contribution in [-0.4, -0.2) is 15.9 Å². The third-order valence-corrected chi connectivity index (χ3v) is 5.90. The molecule has 2 aromatic carbocycles. The Bertz CT molecular complexity index is 974. The minimum absolute atomic E-state index is 0.0353. The van der Waals surface area contributed by atoms with Crippen molar-refractivity contribution in [2.24, 2.45) is 0 Å². The molecule has 130 valence electrons. The van der Waals surface area contributed by atoms with Gasteiger partial charge in [-0.1, -0.05) is 12.1 Å². The van der Waals surface area contributed by atoms with Gasteiger partial charge in [-0.2, -0.15) is 0 Å². The molecular formula is C20H17N3OS2. The number of benzene rings is 2. The first-order valence-electron chi connectivity index (χ1n) is 8.42. The first kappa shape index (κ1) is 16.9. The summed E-state index contributed by atoms with van der Waals surface area (Å²) < 4.78 is 1.20. The Kier molecular flexibility index (Phi) is 5.04. The van der Waals surface area contributed by atoms with Gasteiger partial charge in [0.2, 0.25) is 5.91 Å². The Morgan fingerprint density at radius 2 is 1.92 bits per heavy atom. The predicted octanol–water partition coefficient (Wildman–Crippen LogP) is 5.38. The van der Waals surface area contributed by atoms with Crippen molar-refractivity contribution < 1.29 is 4.79 Å². The van der Waals surface area contributed by atoms with Crippen molar-refractivity contribution in [2.75, 3.05) is 5.32 Å². The molecule has 0 saturated carbocycles. The van der Waals surface area contributed by atoms with Gasteiger partial charge in [-0.25, -0.2) is 9.97 Å². The highest BCUT2D eigenvalue weighted by Gasteiger charge is 2.07. The van der Waals surface area contributed by atoms with Gasteiger partial charge in [0.25, 0.3) is 0 Å². The van der Waals surface area contributed by atoms with E-state index >= 15 is 0 Å². The summed E-state index contributed by atoms with van der Waals surface area (Å²) in [7, 11) is 0. The maximum absolute atomic E-state index is 12.1. The van der Waals surface area contributed by atoms with Crippen LogP contribution in [0.3, 0.4) is 0 Å². The zero-order chi connectivity index (χ0) is 17.8. The summed E-state index contributed by atoms with van der Waals surface area (Å²) in [6.45, 7) is 0. The lowest BCUT2D eigenvalue weighted by molar-refractivity contribution is -0.116. The quantitative estimate of drug-likeness (QED) is 0.489. The summed E-state index contributed by atoms with van der Waals surface area (Å²) in [6.07, 6.45) is 3.91. The number of nitrogens with one attached hydrogen (secondary N) is 1. The number of carbonyl (C=O) groups is 1. The molecule has 0 aliphatic heterocycles. The van der Waals surface area contributed by atoms with Crippen molar-refractivity contribution in [2.45, 2.75) is 19.3 Å². The van der Waals surface area contributed by atoms with Crippen molar-refractivity contribution >= 4 is 44.5 Å². The van der Waals surface area contributed by atoms with Crippen molar-refractivity contribution in [3.63, 3.8) is 0 Å². The maximum atomic E-state index is 12.1. The number of hydrogen-bond acceptors (Lipinski definition) is 5. The number of thiazole rings is 2. The van der Waals surface area contributed by atoms with Crippen LogP contribution in [0.1, 0.15) is 17.8 Å². The molecule has 0 unspecified atom stereocenters. The predicted molar refractivity (Wildman–Crippen MR) is 109 cm³/mol. The van der Waals surface area contributed by atoms with Crippen molar-refractivity contribution in [1.29, 1.82) is 0 Å². The first-order valence-corrected chi connectivity index (χ1v) is 10.1. The van der Waals surface area contributed by atoms with E-state index in [-0.39, 0.29) is 5.91 Å². The van der Waals surface area contributed by atoms with Crippen molar-refractivity contribution in [3.8, 4) is 10.6 Å². The highest BCUT2D eigenvalue weighted by Crippen LogP contribution is 2.24. The van der Waals surface area contributed by atoms with Gasteiger partial charge >= 0.3 is 0 Å². The molecule has 0 fully saturated rings. The molecule has 26 heavy (non-hydrogen) atoms. The molecule has 0 aliphatic carbocycles. The normalized spacial score (nSPS) is 10.9. The Labute approximate surface area is 159 Å². The van der Waals surface area contributed by atoms with E-state index in [0.717, 1.165) is 39.6 Å². The van der Waals surface area contributed by atoms with Gasteiger partial charge in [0.1, 0.15) is 5.01 Å². The molecule has 0 radical (unpaired) electrons. The largest absolute Gasteiger partial charge is 0.326 e. The minimum Gasteiger partial charge on any atom is -0.326 e. The van der Waals surface area contributed by atoms with Crippen LogP contribution in [0.5, 0.6) is 0 Å². The summed E-state index contributed by atoms with van der Waals surface area (Å²) >= 11 is 3.31. The van der Waals surface area contributed by atoms with Crippen LogP contribution in [0.4, 0.5) is 5.69 Å². The van der Waals surface area contributed by atoms with Gasteiger partial charge < -0.3 is 5.32 Å². The molecule has 2 heterocycles. The molecule has 6 heteroatoms. The first-order chi connectivity index (χ1) is 12.8. The second-order valence-electron chi connectivity index (χ2n) is 5.89. The van der Waals surface area contributed by atoms with Crippen LogP contribution in [-0.2, 0) is 11.2 Å². The molecule has 0 spiro atoms. The number of amides is 1. The standard InChI is InChI=1S/C20H17N3OS2/c24-18(6-3-7-19-23-16-4-1-2-5-17(16)26-19)22-15-10-8-14(9-11-15)20-21-12-13-25-20/h1-2,4-5,8-13H,3,6-7H2,(H,22,24). The van der Waals surface area contributed by atoms with Crippen molar-refractivity contribution in [1.82, 2.24) is 9.97 Å². The number of carbonyl (C=O) groups excluding carboxylic acids is 1.